The van der Waals surface area contributed by atoms with Gasteiger partial charge in [0.25, 0.3) is 5.56 Å². The third-order valence-electron chi connectivity index (χ3n) is 3.95. The Morgan fingerprint density at radius 2 is 2.07 bits per heavy atom. The van der Waals surface area contributed by atoms with Crippen LogP contribution in [0.3, 0.4) is 0 Å². The van der Waals surface area contributed by atoms with E-state index >= 15 is 0 Å². The topological polar surface area (TPSA) is 76.9 Å². The molecule has 0 fully saturated rings. The van der Waals surface area contributed by atoms with E-state index in [1.165, 1.54) is 11.3 Å². The van der Waals surface area contributed by atoms with E-state index in [1.54, 1.807) is 6.92 Å². The second kappa shape index (κ2) is 7.51. The standard InChI is InChI=1S/C18H18F2N4O2S/c1-9(2)17-22-15-16(27-17)10(3)23-24(18(15)26)8-14(25)21-7-11-6-12(19)4-5-13(11)20/h4-6,9H,7-8H2,1-3H3,(H,21,25). The highest BCUT2D eigenvalue weighted by atomic mass is 32.1. The summed E-state index contributed by atoms with van der Waals surface area (Å²) in [5.74, 6) is -1.57. The van der Waals surface area contributed by atoms with Crippen LogP contribution >= 0.6 is 11.3 Å². The zero-order valence-corrected chi connectivity index (χ0v) is 15.9. The van der Waals surface area contributed by atoms with E-state index in [0.717, 1.165) is 27.9 Å². The molecule has 3 rings (SSSR count). The molecule has 0 aliphatic rings. The summed E-state index contributed by atoms with van der Waals surface area (Å²) in [4.78, 5) is 29.1. The first-order chi connectivity index (χ1) is 12.8. The van der Waals surface area contributed by atoms with Gasteiger partial charge in [-0.2, -0.15) is 5.10 Å². The lowest BCUT2D eigenvalue weighted by molar-refractivity contribution is -0.122. The number of thiazole rings is 1. The number of amides is 1. The number of halogens is 2. The summed E-state index contributed by atoms with van der Waals surface area (Å²) >= 11 is 1.42. The molecule has 0 saturated carbocycles. The maximum atomic E-state index is 13.6. The van der Waals surface area contributed by atoms with Crippen molar-refractivity contribution >= 4 is 27.5 Å². The molecule has 142 valence electrons. The summed E-state index contributed by atoms with van der Waals surface area (Å²) in [7, 11) is 0. The van der Waals surface area contributed by atoms with Crippen LogP contribution in [-0.2, 0) is 17.9 Å². The highest BCUT2D eigenvalue weighted by molar-refractivity contribution is 7.18. The van der Waals surface area contributed by atoms with Gasteiger partial charge in [0, 0.05) is 18.0 Å². The number of carbonyl (C=O) groups excluding carboxylic acids is 1. The van der Waals surface area contributed by atoms with Gasteiger partial charge < -0.3 is 5.32 Å². The lowest BCUT2D eigenvalue weighted by atomic mass is 10.2. The van der Waals surface area contributed by atoms with Crippen molar-refractivity contribution in [1.29, 1.82) is 0 Å². The van der Waals surface area contributed by atoms with Crippen LogP contribution in [0.25, 0.3) is 10.2 Å². The van der Waals surface area contributed by atoms with E-state index in [4.69, 9.17) is 0 Å². The Hall–Kier alpha value is -2.68. The number of nitrogens with one attached hydrogen (secondary N) is 1. The number of hydrogen-bond donors (Lipinski definition) is 1. The van der Waals surface area contributed by atoms with Gasteiger partial charge >= 0.3 is 0 Å². The van der Waals surface area contributed by atoms with Gasteiger partial charge in [-0.3, -0.25) is 9.59 Å². The van der Waals surface area contributed by atoms with Gasteiger partial charge in [-0.25, -0.2) is 18.4 Å². The number of aromatic nitrogens is 3. The Morgan fingerprint density at radius 3 is 2.78 bits per heavy atom. The van der Waals surface area contributed by atoms with Crippen LogP contribution in [0.4, 0.5) is 8.78 Å². The average Bonchev–Trinajstić information content (AvgIpc) is 3.07. The van der Waals surface area contributed by atoms with Gasteiger partial charge in [0.1, 0.15) is 18.2 Å². The summed E-state index contributed by atoms with van der Waals surface area (Å²) in [6.07, 6.45) is 0. The molecule has 2 heterocycles. The predicted molar refractivity (Wildman–Crippen MR) is 98.7 cm³/mol. The largest absolute Gasteiger partial charge is 0.350 e. The van der Waals surface area contributed by atoms with Crippen molar-refractivity contribution in [2.24, 2.45) is 0 Å². The van der Waals surface area contributed by atoms with Gasteiger partial charge in [-0.1, -0.05) is 13.8 Å². The summed E-state index contributed by atoms with van der Waals surface area (Å²) in [6.45, 7) is 5.20. The second-order valence-corrected chi connectivity index (χ2v) is 7.48. The zero-order chi connectivity index (χ0) is 19.7. The maximum absolute atomic E-state index is 13.6. The van der Waals surface area contributed by atoms with Gasteiger partial charge in [-0.15, -0.1) is 11.3 Å². The fourth-order valence-corrected chi connectivity index (χ4v) is 3.54. The smallest absolute Gasteiger partial charge is 0.294 e. The Kier molecular flexibility index (Phi) is 5.31. The first-order valence-corrected chi connectivity index (χ1v) is 9.16. The highest BCUT2D eigenvalue weighted by Gasteiger charge is 2.17. The van der Waals surface area contributed by atoms with Crippen LogP contribution < -0.4 is 10.9 Å². The van der Waals surface area contributed by atoms with Crippen molar-refractivity contribution in [1.82, 2.24) is 20.1 Å². The summed E-state index contributed by atoms with van der Waals surface area (Å²) < 4.78 is 28.5. The van der Waals surface area contributed by atoms with E-state index < -0.39 is 23.1 Å². The number of hydrogen-bond acceptors (Lipinski definition) is 5. The van der Waals surface area contributed by atoms with Crippen molar-refractivity contribution < 1.29 is 13.6 Å². The molecule has 1 amide bonds. The van der Waals surface area contributed by atoms with Crippen LogP contribution in [0.1, 0.15) is 36.0 Å². The van der Waals surface area contributed by atoms with Crippen LogP contribution in [0.15, 0.2) is 23.0 Å². The molecule has 2 aromatic heterocycles. The number of benzene rings is 1. The number of nitrogens with zero attached hydrogens (tertiary/aromatic N) is 3. The van der Waals surface area contributed by atoms with Gasteiger partial charge in [0.15, 0.2) is 5.52 Å². The number of carbonyl (C=O) groups is 1. The Labute approximate surface area is 157 Å². The minimum atomic E-state index is -0.618. The molecule has 6 nitrogen and oxygen atoms in total. The first-order valence-electron chi connectivity index (χ1n) is 8.35. The normalized spacial score (nSPS) is 11.3. The molecular weight excluding hydrogens is 374 g/mol. The van der Waals surface area contributed by atoms with Gasteiger partial charge in [0.2, 0.25) is 5.91 Å². The van der Waals surface area contributed by atoms with Crippen molar-refractivity contribution in [2.75, 3.05) is 0 Å². The zero-order valence-electron chi connectivity index (χ0n) is 15.0. The minimum Gasteiger partial charge on any atom is -0.350 e. The number of fused-ring (bicyclic) bond motifs is 1. The van der Waals surface area contributed by atoms with Gasteiger partial charge in [0.05, 0.1) is 15.4 Å². The Bertz CT molecular complexity index is 1080. The lowest BCUT2D eigenvalue weighted by Gasteiger charge is -2.08. The highest BCUT2D eigenvalue weighted by Crippen LogP contribution is 2.26. The molecule has 0 aliphatic carbocycles. The lowest BCUT2D eigenvalue weighted by Crippen LogP contribution is -2.34. The molecule has 0 atom stereocenters. The summed E-state index contributed by atoms with van der Waals surface area (Å²) in [5.41, 5.74) is 0.473. The number of aryl methyl sites for hydroxylation is 1. The summed E-state index contributed by atoms with van der Waals surface area (Å²) in [5, 5.41) is 7.48. The first kappa shape index (κ1) is 19.1. The number of rotatable bonds is 5. The minimum absolute atomic E-state index is 0.0244. The maximum Gasteiger partial charge on any atom is 0.294 e. The molecule has 0 spiro atoms. The quantitative estimate of drug-likeness (QED) is 0.724. The molecule has 0 aliphatic heterocycles. The molecule has 0 saturated heterocycles. The van der Waals surface area contributed by atoms with Gasteiger partial charge in [-0.05, 0) is 25.1 Å². The van der Waals surface area contributed by atoms with E-state index in [0.29, 0.717) is 15.9 Å². The molecular formula is C18H18F2N4O2S. The SMILES string of the molecule is Cc1nn(CC(=O)NCc2cc(F)ccc2F)c(=O)c2nc(C(C)C)sc12. The monoisotopic (exact) mass is 392 g/mol. The molecule has 27 heavy (non-hydrogen) atoms. The third-order valence-corrected chi connectivity index (χ3v) is 5.42. The Morgan fingerprint density at radius 1 is 1.33 bits per heavy atom. The van der Waals surface area contributed by atoms with Crippen molar-refractivity contribution in [3.8, 4) is 0 Å². The molecule has 0 bridgehead atoms. The van der Waals surface area contributed by atoms with Crippen molar-refractivity contribution in [3.05, 3.63) is 56.5 Å². The third kappa shape index (κ3) is 4.02. The van der Waals surface area contributed by atoms with Crippen LogP contribution in [0.5, 0.6) is 0 Å². The molecule has 1 N–H and O–H groups in total. The molecule has 1 aromatic carbocycles. The van der Waals surface area contributed by atoms with Crippen LogP contribution in [0.2, 0.25) is 0 Å². The van der Waals surface area contributed by atoms with Crippen molar-refractivity contribution in [3.63, 3.8) is 0 Å². The van der Waals surface area contributed by atoms with E-state index in [-0.39, 0.29) is 24.6 Å². The predicted octanol–water partition coefficient (Wildman–Crippen LogP) is 2.88. The fraction of sp³-hybridized carbons (Fsp3) is 0.333. The van der Waals surface area contributed by atoms with Crippen molar-refractivity contribution in [2.45, 2.75) is 39.8 Å². The van der Waals surface area contributed by atoms with E-state index in [1.807, 2.05) is 13.8 Å². The molecule has 0 radical (unpaired) electrons. The Balaban J connectivity index is 1.79. The average molecular weight is 392 g/mol. The van der Waals surface area contributed by atoms with Crippen LogP contribution in [0, 0.1) is 18.6 Å². The van der Waals surface area contributed by atoms with E-state index in [2.05, 4.69) is 15.4 Å². The molecule has 3 aromatic rings. The fourth-order valence-electron chi connectivity index (χ4n) is 2.54. The van der Waals surface area contributed by atoms with E-state index in [9.17, 15) is 18.4 Å². The molecule has 0 unspecified atom stereocenters. The summed E-state index contributed by atoms with van der Waals surface area (Å²) in [6, 6.07) is 3.01. The second-order valence-electron chi connectivity index (χ2n) is 6.45. The van der Waals surface area contributed by atoms with Crippen LogP contribution in [-0.4, -0.2) is 20.7 Å². The molecule has 9 heteroatoms.